The molecule has 3 unspecified atom stereocenters. The van der Waals surface area contributed by atoms with Crippen molar-refractivity contribution in [2.45, 2.75) is 59.0 Å². The lowest BCUT2D eigenvalue weighted by molar-refractivity contribution is -0.167. The summed E-state index contributed by atoms with van der Waals surface area (Å²) in [6.45, 7) is 7.03. The minimum Gasteiger partial charge on any atom is -0.458 e. The lowest BCUT2D eigenvalue weighted by Gasteiger charge is -2.53. The highest BCUT2D eigenvalue weighted by Gasteiger charge is 2.67. The van der Waals surface area contributed by atoms with E-state index in [9.17, 15) is 19.5 Å². The van der Waals surface area contributed by atoms with E-state index in [4.69, 9.17) is 4.74 Å². The molecule has 6 atom stereocenters. The maximum absolute atomic E-state index is 13.0. The lowest BCUT2D eigenvalue weighted by atomic mass is 9.51. The van der Waals surface area contributed by atoms with Crippen LogP contribution in [0, 0.1) is 28.6 Å². The number of ketones is 2. The molecule has 0 aromatic rings. The topological polar surface area (TPSA) is 80.7 Å². The smallest absolute Gasteiger partial charge is 0.303 e. The van der Waals surface area contributed by atoms with E-state index in [1.165, 1.54) is 18.1 Å². The summed E-state index contributed by atoms with van der Waals surface area (Å²) >= 11 is 0. The summed E-state index contributed by atoms with van der Waals surface area (Å²) < 4.78 is 4.95. The zero-order valence-corrected chi connectivity index (χ0v) is 17.7. The number of aliphatic hydroxyl groups is 1. The summed E-state index contributed by atoms with van der Waals surface area (Å²) in [7, 11) is 0. The summed E-state index contributed by atoms with van der Waals surface area (Å²) in [6.07, 6.45) is 10.8. The van der Waals surface area contributed by atoms with Gasteiger partial charge in [-0.3, -0.25) is 14.4 Å². The van der Waals surface area contributed by atoms with E-state index >= 15 is 0 Å². The number of allylic oxidation sites excluding steroid dienone is 6. The van der Waals surface area contributed by atoms with Crippen molar-refractivity contribution in [1.29, 1.82) is 0 Å². The van der Waals surface area contributed by atoms with E-state index in [-0.39, 0.29) is 35.6 Å². The fourth-order valence-electron chi connectivity index (χ4n) is 6.74. The van der Waals surface area contributed by atoms with Crippen LogP contribution in [-0.4, -0.2) is 34.9 Å². The molecule has 5 nitrogen and oxygen atoms in total. The normalized spacial score (nSPS) is 42.9. The lowest BCUT2D eigenvalue weighted by Crippen LogP contribution is -2.57. The number of fused-ring (bicyclic) bond motifs is 5. The van der Waals surface area contributed by atoms with Crippen LogP contribution in [0.5, 0.6) is 0 Å². The Morgan fingerprint density at radius 1 is 1.31 bits per heavy atom. The fraction of sp³-hybridized carbons (Fsp3) is 0.625. The largest absolute Gasteiger partial charge is 0.458 e. The second-order valence-corrected chi connectivity index (χ2v) is 9.75. The van der Waals surface area contributed by atoms with Crippen molar-refractivity contribution in [3.05, 3.63) is 35.5 Å². The Morgan fingerprint density at radius 2 is 2.03 bits per heavy atom. The van der Waals surface area contributed by atoms with E-state index in [1.807, 2.05) is 19.9 Å². The van der Waals surface area contributed by atoms with E-state index in [1.54, 1.807) is 12.2 Å². The average molecular weight is 398 g/mol. The quantitative estimate of drug-likeness (QED) is 0.583. The second-order valence-electron chi connectivity index (χ2n) is 9.75. The molecule has 1 N–H and O–H groups in total. The third kappa shape index (κ3) is 2.66. The van der Waals surface area contributed by atoms with Gasteiger partial charge >= 0.3 is 5.97 Å². The highest BCUT2D eigenvalue weighted by molar-refractivity contribution is 6.01. The van der Waals surface area contributed by atoms with Gasteiger partial charge in [-0.2, -0.15) is 0 Å². The molecule has 0 heterocycles. The molecular weight excluding hydrogens is 368 g/mol. The van der Waals surface area contributed by atoms with Gasteiger partial charge in [0.2, 0.25) is 5.78 Å². The van der Waals surface area contributed by atoms with Crippen LogP contribution in [0.3, 0.4) is 0 Å². The van der Waals surface area contributed by atoms with Crippen LogP contribution in [-0.2, 0) is 19.1 Å². The van der Waals surface area contributed by atoms with Crippen molar-refractivity contribution in [3.63, 3.8) is 0 Å². The van der Waals surface area contributed by atoms with Gasteiger partial charge in [-0.15, -0.1) is 0 Å². The first-order valence-electron chi connectivity index (χ1n) is 10.6. The Hall–Kier alpha value is -2.01. The zero-order valence-electron chi connectivity index (χ0n) is 17.7. The molecule has 0 aromatic heterocycles. The predicted octanol–water partition coefficient (Wildman–Crippen LogP) is 3.32. The summed E-state index contributed by atoms with van der Waals surface area (Å²) in [5.41, 5.74) is 0.145. The molecule has 29 heavy (non-hydrogen) atoms. The van der Waals surface area contributed by atoms with Gasteiger partial charge in [0.05, 0.1) is 0 Å². The number of hydrogen-bond donors (Lipinski definition) is 1. The van der Waals surface area contributed by atoms with Crippen LogP contribution in [0.1, 0.15) is 53.4 Å². The Balaban J connectivity index is 1.71. The summed E-state index contributed by atoms with van der Waals surface area (Å²) in [5, 5.41) is 11.7. The van der Waals surface area contributed by atoms with Gasteiger partial charge < -0.3 is 9.84 Å². The molecule has 4 rings (SSSR count). The average Bonchev–Trinajstić information content (AvgIpc) is 2.88. The van der Waals surface area contributed by atoms with Crippen molar-refractivity contribution >= 4 is 17.5 Å². The van der Waals surface area contributed by atoms with Crippen LogP contribution in [0.15, 0.2) is 35.5 Å². The molecule has 4 aliphatic rings. The van der Waals surface area contributed by atoms with Gasteiger partial charge in [0.25, 0.3) is 0 Å². The van der Waals surface area contributed by atoms with Gasteiger partial charge in [-0.1, -0.05) is 37.1 Å². The number of hydrogen-bond acceptors (Lipinski definition) is 5. The molecule has 2 saturated carbocycles. The van der Waals surface area contributed by atoms with E-state index in [0.717, 1.165) is 19.3 Å². The van der Waals surface area contributed by atoms with Crippen molar-refractivity contribution in [2.75, 3.05) is 6.61 Å². The van der Waals surface area contributed by atoms with Crippen LogP contribution < -0.4 is 0 Å². The molecule has 4 aliphatic carbocycles. The zero-order chi connectivity index (χ0) is 21.2. The molecule has 2 fully saturated rings. The third-order valence-electron chi connectivity index (χ3n) is 8.36. The van der Waals surface area contributed by atoms with Gasteiger partial charge in [0.1, 0.15) is 5.60 Å². The highest BCUT2D eigenvalue weighted by atomic mass is 16.5. The van der Waals surface area contributed by atoms with Gasteiger partial charge in [0.15, 0.2) is 12.4 Å². The standard InChI is InChI=1S/C24H30O5/c1-14-11-20-18-6-5-16-12-17(26)7-9-22(16,3)19(18)8-10-23(20,4)24(14,28)21(27)13-29-15(2)25/h7-9,12,14,18,20,28H,5-6,10-11,13H2,1-4H3/t14?,18?,20?,22-,23-,24-/m0/s1. The van der Waals surface area contributed by atoms with Crippen molar-refractivity contribution in [3.8, 4) is 0 Å². The molecule has 0 amide bonds. The predicted molar refractivity (Wildman–Crippen MR) is 108 cm³/mol. The Bertz CT molecular complexity index is 880. The molecule has 0 spiro atoms. The highest BCUT2D eigenvalue weighted by Crippen LogP contribution is 2.66. The number of rotatable bonds is 3. The molecule has 0 aromatic carbocycles. The Labute approximate surface area is 171 Å². The minimum absolute atomic E-state index is 0.0529. The minimum atomic E-state index is -1.51. The van der Waals surface area contributed by atoms with Crippen LogP contribution in [0.25, 0.3) is 0 Å². The van der Waals surface area contributed by atoms with Crippen molar-refractivity contribution in [1.82, 2.24) is 0 Å². The Kier molecular flexibility index (Phi) is 4.54. The molecular formula is C24H30O5. The molecule has 5 heteroatoms. The van der Waals surface area contributed by atoms with E-state index < -0.39 is 22.8 Å². The molecule has 0 radical (unpaired) electrons. The van der Waals surface area contributed by atoms with Gasteiger partial charge in [-0.05, 0) is 62.5 Å². The maximum Gasteiger partial charge on any atom is 0.303 e. The third-order valence-corrected chi connectivity index (χ3v) is 8.36. The summed E-state index contributed by atoms with van der Waals surface area (Å²) in [6, 6.07) is 0. The van der Waals surface area contributed by atoms with Gasteiger partial charge in [0, 0.05) is 17.8 Å². The monoisotopic (exact) mass is 398 g/mol. The maximum atomic E-state index is 13.0. The van der Waals surface area contributed by atoms with Crippen molar-refractivity contribution < 1.29 is 24.2 Å². The molecule has 0 aliphatic heterocycles. The van der Waals surface area contributed by atoms with E-state index in [0.29, 0.717) is 6.42 Å². The van der Waals surface area contributed by atoms with Crippen LogP contribution >= 0.6 is 0 Å². The molecule has 0 saturated heterocycles. The number of carbonyl (C=O) groups is 3. The molecule has 156 valence electrons. The Morgan fingerprint density at radius 3 is 2.72 bits per heavy atom. The van der Waals surface area contributed by atoms with Crippen molar-refractivity contribution in [2.24, 2.45) is 28.6 Å². The van der Waals surface area contributed by atoms with Crippen LogP contribution in [0.4, 0.5) is 0 Å². The first kappa shape index (κ1) is 20.3. The summed E-state index contributed by atoms with van der Waals surface area (Å²) in [4.78, 5) is 36.1. The first-order chi connectivity index (χ1) is 13.5. The number of ether oxygens (including phenoxy) is 1. The first-order valence-corrected chi connectivity index (χ1v) is 10.6. The SMILES string of the molecule is CC(=O)OCC(=O)[C@@]1(O)C(C)CC2C3CCC4=CC(=O)C=C[C@]4(C)C3=CC[C@@]21C. The van der Waals surface area contributed by atoms with Gasteiger partial charge in [-0.25, -0.2) is 0 Å². The molecule has 0 bridgehead atoms. The second kappa shape index (κ2) is 6.49. The number of carbonyl (C=O) groups excluding carboxylic acids is 3. The van der Waals surface area contributed by atoms with Crippen LogP contribution in [0.2, 0.25) is 0 Å². The van der Waals surface area contributed by atoms with E-state index in [2.05, 4.69) is 13.0 Å². The fourth-order valence-corrected chi connectivity index (χ4v) is 6.74. The summed E-state index contributed by atoms with van der Waals surface area (Å²) in [5.74, 6) is -0.621. The number of Topliss-reactive ketones (excluding diaryl/α,β-unsaturated/α-hetero) is 1. The number of esters is 1.